The first-order chi connectivity index (χ1) is 15.8. The summed E-state index contributed by atoms with van der Waals surface area (Å²) in [5.74, 6) is -4.10. The Labute approximate surface area is 195 Å². The Bertz CT molecular complexity index is 1270. The van der Waals surface area contributed by atoms with Gasteiger partial charge in [0.25, 0.3) is 0 Å². The van der Waals surface area contributed by atoms with Crippen LogP contribution in [0.2, 0.25) is 0 Å². The van der Waals surface area contributed by atoms with Crippen molar-refractivity contribution in [1.82, 2.24) is 0 Å². The van der Waals surface area contributed by atoms with Gasteiger partial charge in [-0.15, -0.1) is 11.8 Å². The molecule has 1 aliphatic rings. The summed E-state index contributed by atoms with van der Waals surface area (Å²) >= 11 is 0.798. The molecule has 0 spiro atoms. The number of hydrogen-bond donors (Lipinski definition) is 2. The molecule has 0 aliphatic heterocycles. The third kappa shape index (κ3) is 5.05. The van der Waals surface area contributed by atoms with Crippen LogP contribution in [-0.4, -0.2) is 14.2 Å². The summed E-state index contributed by atoms with van der Waals surface area (Å²) in [5, 5.41) is 8.02. The summed E-state index contributed by atoms with van der Waals surface area (Å²) in [6, 6.07) is 16.4. The highest BCUT2D eigenvalue weighted by atomic mass is 32.2. The number of anilines is 1. The fourth-order valence-electron chi connectivity index (χ4n) is 4.14. The molecular formula is C24H23F3N2O2S2. The fraction of sp³-hybridized carbons (Fsp3) is 0.250. The molecule has 9 heteroatoms. The van der Waals surface area contributed by atoms with Gasteiger partial charge in [-0.1, -0.05) is 54.6 Å². The number of thioether (sulfide) groups is 1. The molecule has 0 radical (unpaired) electrons. The van der Waals surface area contributed by atoms with Gasteiger partial charge < -0.3 is 5.32 Å². The van der Waals surface area contributed by atoms with Gasteiger partial charge in [-0.25, -0.2) is 26.7 Å². The van der Waals surface area contributed by atoms with Crippen LogP contribution >= 0.6 is 11.8 Å². The first-order valence-electron chi connectivity index (χ1n) is 10.5. The molecule has 3 aromatic rings. The Morgan fingerprint density at radius 2 is 1.67 bits per heavy atom. The number of benzene rings is 3. The molecule has 1 aliphatic carbocycles. The van der Waals surface area contributed by atoms with Gasteiger partial charge in [0, 0.05) is 5.75 Å². The zero-order valence-electron chi connectivity index (χ0n) is 17.7. The van der Waals surface area contributed by atoms with Gasteiger partial charge in [-0.2, -0.15) is 0 Å². The number of nitrogens with two attached hydrogens (primary N) is 1. The minimum absolute atomic E-state index is 0.276. The Hall–Kier alpha value is -2.49. The predicted octanol–water partition coefficient (Wildman–Crippen LogP) is 5.58. The van der Waals surface area contributed by atoms with Crippen LogP contribution in [0.25, 0.3) is 0 Å². The van der Waals surface area contributed by atoms with E-state index >= 15 is 4.39 Å². The van der Waals surface area contributed by atoms with E-state index in [1.165, 1.54) is 0 Å². The van der Waals surface area contributed by atoms with Crippen molar-refractivity contribution in [3.05, 3.63) is 88.7 Å². The van der Waals surface area contributed by atoms with Crippen molar-refractivity contribution in [2.24, 2.45) is 5.14 Å². The van der Waals surface area contributed by atoms with Crippen molar-refractivity contribution < 1.29 is 21.6 Å². The Morgan fingerprint density at radius 1 is 0.970 bits per heavy atom. The van der Waals surface area contributed by atoms with E-state index in [9.17, 15) is 17.2 Å². The van der Waals surface area contributed by atoms with E-state index in [2.05, 4.69) is 5.32 Å². The second-order valence-electron chi connectivity index (χ2n) is 7.89. The second-order valence-corrected chi connectivity index (χ2v) is 10.5. The standard InChI is InChI=1S/C24H23F3N2O2S2/c25-19-20(26)24(33(28,30)31)22(29-18-12-6-10-16-9-4-5-11-17(16)18)21(27)23(19)32-14-13-15-7-2-1-3-8-15/h1-5,7-9,11,18,29H,6,10,12-14H2,(H2,28,30,31)/t18-/m0/s1. The lowest BCUT2D eigenvalue weighted by Crippen LogP contribution is -2.23. The molecule has 4 nitrogen and oxygen atoms in total. The van der Waals surface area contributed by atoms with E-state index in [0.717, 1.165) is 41.3 Å². The van der Waals surface area contributed by atoms with Gasteiger partial charge in [0.1, 0.15) is 4.90 Å². The molecule has 0 bridgehead atoms. The normalized spacial score (nSPS) is 15.8. The molecule has 33 heavy (non-hydrogen) atoms. The summed E-state index contributed by atoms with van der Waals surface area (Å²) < 4.78 is 69.6. The number of rotatable bonds is 7. The molecule has 0 saturated carbocycles. The summed E-state index contributed by atoms with van der Waals surface area (Å²) in [4.78, 5) is -1.75. The van der Waals surface area contributed by atoms with Gasteiger partial charge in [-0.05, 0) is 42.4 Å². The number of sulfonamides is 1. The van der Waals surface area contributed by atoms with Crippen molar-refractivity contribution in [2.75, 3.05) is 11.1 Å². The molecule has 4 rings (SSSR count). The van der Waals surface area contributed by atoms with Crippen molar-refractivity contribution in [1.29, 1.82) is 0 Å². The molecular weight excluding hydrogens is 469 g/mol. The quantitative estimate of drug-likeness (QED) is 0.334. The van der Waals surface area contributed by atoms with E-state index < -0.39 is 49.0 Å². The minimum Gasteiger partial charge on any atom is -0.375 e. The zero-order valence-corrected chi connectivity index (χ0v) is 19.3. The topological polar surface area (TPSA) is 72.2 Å². The highest BCUT2D eigenvalue weighted by Gasteiger charge is 2.33. The lowest BCUT2D eigenvalue weighted by atomic mass is 9.87. The van der Waals surface area contributed by atoms with Gasteiger partial charge >= 0.3 is 0 Å². The van der Waals surface area contributed by atoms with E-state index in [0.29, 0.717) is 12.8 Å². The van der Waals surface area contributed by atoms with Crippen LogP contribution in [0, 0.1) is 17.5 Å². The SMILES string of the molecule is NS(=O)(=O)c1c(F)c(F)c(SCCc2ccccc2)c(F)c1N[C@H]1CCCc2ccccc21. The monoisotopic (exact) mass is 492 g/mol. The second kappa shape index (κ2) is 9.79. The predicted molar refractivity (Wildman–Crippen MR) is 124 cm³/mol. The van der Waals surface area contributed by atoms with Crippen LogP contribution in [0.3, 0.4) is 0 Å². The molecule has 0 unspecified atom stereocenters. The highest BCUT2D eigenvalue weighted by Crippen LogP contribution is 2.41. The van der Waals surface area contributed by atoms with Gasteiger partial charge in [0.2, 0.25) is 10.0 Å². The molecule has 0 saturated heterocycles. The van der Waals surface area contributed by atoms with Crippen molar-refractivity contribution >= 4 is 27.5 Å². The molecule has 0 aromatic heterocycles. The first kappa shape index (κ1) is 23.7. The molecule has 0 heterocycles. The van der Waals surface area contributed by atoms with Crippen molar-refractivity contribution in [3.63, 3.8) is 0 Å². The van der Waals surface area contributed by atoms with E-state index in [1.807, 2.05) is 54.6 Å². The number of primary sulfonamides is 1. The number of nitrogens with one attached hydrogen (secondary N) is 1. The molecule has 3 aromatic carbocycles. The smallest absolute Gasteiger partial charge is 0.243 e. The van der Waals surface area contributed by atoms with Crippen molar-refractivity contribution in [2.45, 2.75) is 41.5 Å². The van der Waals surface area contributed by atoms with Gasteiger partial charge in [-0.3, -0.25) is 0 Å². The average Bonchev–Trinajstić information content (AvgIpc) is 2.80. The van der Waals surface area contributed by atoms with Gasteiger partial charge in [0.05, 0.1) is 16.6 Å². The molecule has 0 amide bonds. The number of fused-ring (bicyclic) bond motifs is 1. The Morgan fingerprint density at radius 3 is 2.39 bits per heavy atom. The average molecular weight is 493 g/mol. The van der Waals surface area contributed by atoms with Crippen LogP contribution in [0.5, 0.6) is 0 Å². The van der Waals surface area contributed by atoms with E-state index in [-0.39, 0.29) is 5.75 Å². The van der Waals surface area contributed by atoms with Crippen LogP contribution in [0.4, 0.5) is 18.9 Å². The number of aryl methyl sites for hydroxylation is 2. The van der Waals surface area contributed by atoms with Crippen LogP contribution < -0.4 is 10.5 Å². The lowest BCUT2D eigenvalue weighted by Gasteiger charge is -2.28. The third-order valence-electron chi connectivity index (χ3n) is 5.69. The van der Waals surface area contributed by atoms with Crippen LogP contribution in [0.1, 0.15) is 35.6 Å². The highest BCUT2D eigenvalue weighted by molar-refractivity contribution is 7.99. The Balaban J connectivity index is 1.72. The number of halogens is 3. The summed E-state index contributed by atoms with van der Waals surface area (Å²) in [6.45, 7) is 0. The maximum absolute atomic E-state index is 15.6. The summed E-state index contributed by atoms with van der Waals surface area (Å²) in [6.07, 6.45) is 2.69. The summed E-state index contributed by atoms with van der Waals surface area (Å²) in [5.41, 5.74) is 2.25. The van der Waals surface area contributed by atoms with Crippen LogP contribution in [0.15, 0.2) is 64.4 Å². The maximum Gasteiger partial charge on any atom is 0.243 e. The maximum atomic E-state index is 15.6. The fourth-order valence-corrected chi connectivity index (χ4v) is 5.89. The first-order valence-corrected chi connectivity index (χ1v) is 13.0. The number of hydrogen-bond acceptors (Lipinski definition) is 4. The lowest BCUT2D eigenvalue weighted by molar-refractivity contribution is 0.446. The van der Waals surface area contributed by atoms with E-state index in [1.54, 1.807) is 0 Å². The Kier molecular flexibility index (Phi) is 7.02. The summed E-state index contributed by atoms with van der Waals surface area (Å²) in [7, 11) is -4.74. The van der Waals surface area contributed by atoms with Crippen LogP contribution in [-0.2, 0) is 22.9 Å². The van der Waals surface area contributed by atoms with Crippen molar-refractivity contribution in [3.8, 4) is 0 Å². The molecule has 0 fully saturated rings. The van der Waals surface area contributed by atoms with Gasteiger partial charge in [0.15, 0.2) is 17.5 Å². The molecule has 174 valence electrons. The zero-order chi connectivity index (χ0) is 23.6. The largest absolute Gasteiger partial charge is 0.375 e. The minimum atomic E-state index is -4.74. The third-order valence-corrected chi connectivity index (χ3v) is 7.70. The van der Waals surface area contributed by atoms with E-state index in [4.69, 9.17) is 5.14 Å². The molecule has 1 atom stereocenters. The molecule has 3 N–H and O–H groups in total.